The molecule has 0 spiro atoms. The molecule has 0 bridgehead atoms. The van der Waals surface area contributed by atoms with Crippen LogP contribution in [0.1, 0.15) is 45.3 Å². The molecule has 4 rings (SSSR count). The van der Waals surface area contributed by atoms with Crippen molar-refractivity contribution in [2.75, 3.05) is 12.0 Å². The zero-order valence-corrected chi connectivity index (χ0v) is 20.0. The number of hydrogen-bond donors (Lipinski definition) is 1. The maximum atomic E-state index is 14.3. The van der Waals surface area contributed by atoms with Gasteiger partial charge in [0.05, 0.1) is 23.9 Å². The molecule has 0 fully saturated rings. The van der Waals surface area contributed by atoms with Gasteiger partial charge in [0.1, 0.15) is 17.8 Å². The highest BCUT2D eigenvalue weighted by atomic mass is 19.4. The molecule has 1 N–H and O–H groups in total. The maximum absolute atomic E-state index is 14.3. The normalized spacial score (nSPS) is 15.1. The number of hydrogen-bond acceptors (Lipinski definition) is 5. The number of alkyl halides is 3. The highest BCUT2D eigenvalue weighted by molar-refractivity contribution is 6.02. The van der Waals surface area contributed by atoms with Crippen LogP contribution in [0.15, 0.2) is 67.9 Å². The number of rotatable bonds is 8. The smallest absolute Gasteiger partial charge is 0.417 e. The van der Waals surface area contributed by atoms with Crippen molar-refractivity contribution >= 4 is 17.4 Å². The Bertz CT molecular complexity index is 1360. The van der Waals surface area contributed by atoms with E-state index in [1.807, 2.05) is 0 Å². The summed E-state index contributed by atoms with van der Waals surface area (Å²) >= 11 is 0. The first-order valence-electron chi connectivity index (χ1n) is 11.4. The number of allylic oxidation sites excluding steroid dienone is 2. The lowest BCUT2D eigenvalue weighted by Gasteiger charge is -2.40. The second kappa shape index (κ2) is 10.4. The number of nitrogens with zero attached hydrogens (tertiary/aromatic N) is 3. The lowest BCUT2D eigenvalue weighted by Crippen LogP contribution is -2.45. The van der Waals surface area contributed by atoms with Crippen molar-refractivity contribution in [2.45, 2.75) is 31.6 Å². The van der Waals surface area contributed by atoms with Crippen LogP contribution >= 0.6 is 0 Å². The summed E-state index contributed by atoms with van der Waals surface area (Å²) in [5.74, 6) is -0.853. The molecule has 1 aliphatic rings. The van der Waals surface area contributed by atoms with Gasteiger partial charge >= 0.3 is 6.18 Å². The highest BCUT2D eigenvalue weighted by Gasteiger charge is 2.39. The fraction of sp³-hybridized carbons (Fsp3) is 0.222. The van der Waals surface area contributed by atoms with Crippen molar-refractivity contribution in [1.82, 2.24) is 15.3 Å². The molecule has 0 aliphatic carbocycles. The van der Waals surface area contributed by atoms with Gasteiger partial charge in [-0.05, 0) is 48.7 Å². The molecule has 1 unspecified atom stereocenters. The molecule has 1 amide bonds. The van der Waals surface area contributed by atoms with Gasteiger partial charge in [-0.1, -0.05) is 12.2 Å². The molecule has 1 atom stereocenters. The van der Waals surface area contributed by atoms with E-state index in [4.69, 9.17) is 4.74 Å². The molecule has 1 aliphatic heterocycles. The molecule has 1 aromatic carbocycles. The Morgan fingerprint density at radius 3 is 2.62 bits per heavy atom. The van der Waals surface area contributed by atoms with Crippen LogP contribution in [-0.2, 0) is 19.0 Å². The van der Waals surface area contributed by atoms with Gasteiger partial charge in [0.2, 0.25) is 5.88 Å². The van der Waals surface area contributed by atoms with Crippen LogP contribution in [-0.4, -0.2) is 23.0 Å². The van der Waals surface area contributed by atoms with E-state index in [1.54, 1.807) is 29.2 Å². The van der Waals surface area contributed by atoms with Gasteiger partial charge in [0, 0.05) is 29.9 Å². The summed E-state index contributed by atoms with van der Waals surface area (Å²) in [6, 6.07) is 8.22. The minimum atomic E-state index is -4.69. The van der Waals surface area contributed by atoms with E-state index >= 15 is 0 Å². The molecule has 0 saturated heterocycles. The number of nitrogens with one attached hydrogen (secondary N) is 1. The van der Waals surface area contributed by atoms with Crippen LogP contribution in [0.5, 0.6) is 5.88 Å². The number of aromatic nitrogens is 2. The number of methoxy groups -OCH3 is 1. The molecule has 6 nitrogen and oxygen atoms in total. The predicted molar refractivity (Wildman–Crippen MR) is 131 cm³/mol. The summed E-state index contributed by atoms with van der Waals surface area (Å²) in [4.78, 5) is 23.3. The Hall–Kier alpha value is -4.21. The van der Waals surface area contributed by atoms with Gasteiger partial charge in [-0.3, -0.25) is 4.79 Å². The minimum absolute atomic E-state index is 0.00795. The van der Waals surface area contributed by atoms with Crippen LogP contribution in [0.2, 0.25) is 0 Å². The first kappa shape index (κ1) is 25.9. The van der Waals surface area contributed by atoms with Crippen molar-refractivity contribution in [3.63, 3.8) is 0 Å². The third kappa shape index (κ3) is 5.18. The molecule has 10 heteroatoms. The Labute approximate surface area is 211 Å². The lowest BCUT2D eigenvalue weighted by atomic mass is 9.99. The first-order chi connectivity index (χ1) is 17.7. The fourth-order valence-electron chi connectivity index (χ4n) is 4.23. The average molecular weight is 513 g/mol. The maximum Gasteiger partial charge on any atom is 0.417 e. The zero-order valence-electron chi connectivity index (χ0n) is 20.0. The standard InChI is InChI=1S/C27H24F4N4O2/c1-4-6-8-16-13-18(28)9-11-22(16)35-24-20(14-17(15-32-24)27(29,30)31)26(36)34-25(35)19-10-12-23(37-3)33-21(19)7-5-2/h4-5,9-15,25H,1-2,6-8H2,3H3,(H,34,36). The van der Waals surface area contributed by atoms with Crippen molar-refractivity contribution in [2.24, 2.45) is 0 Å². The molecule has 2 aromatic heterocycles. The van der Waals surface area contributed by atoms with Crippen molar-refractivity contribution in [3.8, 4) is 5.88 Å². The van der Waals surface area contributed by atoms with E-state index in [-0.39, 0.29) is 11.4 Å². The van der Waals surface area contributed by atoms with E-state index < -0.39 is 29.6 Å². The number of amides is 1. The number of benzene rings is 1. The molecule has 192 valence electrons. The number of aryl methyl sites for hydroxylation is 1. The van der Waals surface area contributed by atoms with Crippen LogP contribution in [0.25, 0.3) is 0 Å². The summed E-state index contributed by atoms with van der Waals surface area (Å²) in [5.41, 5.74) is 0.832. The van der Waals surface area contributed by atoms with Crippen LogP contribution in [0.4, 0.5) is 29.1 Å². The summed E-state index contributed by atoms with van der Waals surface area (Å²) in [6.07, 6.45) is -0.336. The molecule has 0 radical (unpaired) electrons. The van der Waals surface area contributed by atoms with Gasteiger partial charge in [0.15, 0.2) is 0 Å². The third-order valence-corrected chi connectivity index (χ3v) is 5.94. The zero-order chi connectivity index (χ0) is 26.7. The highest BCUT2D eigenvalue weighted by Crippen LogP contribution is 2.42. The lowest BCUT2D eigenvalue weighted by molar-refractivity contribution is -0.137. The molecule has 3 aromatic rings. The Morgan fingerprint density at radius 1 is 1.16 bits per heavy atom. The van der Waals surface area contributed by atoms with E-state index in [2.05, 4.69) is 28.4 Å². The summed E-state index contributed by atoms with van der Waals surface area (Å²) in [7, 11) is 1.47. The van der Waals surface area contributed by atoms with E-state index in [0.717, 1.165) is 6.07 Å². The summed E-state index contributed by atoms with van der Waals surface area (Å²) in [5, 5.41) is 2.80. The van der Waals surface area contributed by atoms with Crippen molar-refractivity contribution < 1.29 is 27.1 Å². The Kier molecular flexibility index (Phi) is 7.28. The number of anilines is 2. The number of pyridine rings is 2. The van der Waals surface area contributed by atoms with Gasteiger partial charge in [-0.15, -0.1) is 13.2 Å². The molecule has 0 saturated carbocycles. The van der Waals surface area contributed by atoms with Gasteiger partial charge in [0.25, 0.3) is 5.91 Å². The number of fused-ring (bicyclic) bond motifs is 1. The molecular weight excluding hydrogens is 488 g/mol. The average Bonchev–Trinajstić information content (AvgIpc) is 2.87. The van der Waals surface area contributed by atoms with Crippen LogP contribution in [0, 0.1) is 5.82 Å². The topological polar surface area (TPSA) is 67.4 Å². The number of carbonyl (C=O) groups is 1. The summed E-state index contributed by atoms with van der Waals surface area (Å²) in [6.45, 7) is 7.48. The van der Waals surface area contributed by atoms with Gasteiger partial charge < -0.3 is 15.0 Å². The molecule has 3 heterocycles. The number of ether oxygens (including phenoxy) is 1. The largest absolute Gasteiger partial charge is 0.481 e. The number of halogens is 4. The Balaban J connectivity index is 1.98. The Morgan fingerprint density at radius 2 is 1.95 bits per heavy atom. The first-order valence-corrected chi connectivity index (χ1v) is 11.4. The number of carbonyl (C=O) groups excluding carboxylic acids is 1. The second-order valence-electron chi connectivity index (χ2n) is 8.32. The monoisotopic (exact) mass is 512 g/mol. The fourth-order valence-corrected chi connectivity index (χ4v) is 4.23. The summed E-state index contributed by atoms with van der Waals surface area (Å²) < 4.78 is 59.8. The molecular formula is C27H24F4N4O2. The minimum Gasteiger partial charge on any atom is -0.481 e. The quantitative estimate of drug-likeness (QED) is 0.293. The van der Waals surface area contributed by atoms with E-state index in [1.165, 1.54) is 25.3 Å². The van der Waals surface area contributed by atoms with E-state index in [9.17, 15) is 22.4 Å². The molecule has 37 heavy (non-hydrogen) atoms. The van der Waals surface area contributed by atoms with Crippen LogP contribution in [0.3, 0.4) is 0 Å². The van der Waals surface area contributed by atoms with Crippen molar-refractivity contribution in [1.29, 1.82) is 0 Å². The second-order valence-corrected chi connectivity index (χ2v) is 8.32. The van der Waals surface area contributed by atoms with E-state index in [0.29, 0.717) is 53.8 Å². The third-order valence-electron chi connectivity index (χ3n) is 5.94. The van der Waals surface area contributed by atoms with Crippen LogP contribution < -0.4 is 15.0 Å². The van der Waals surface area contributed by atoms with Crippen molar-refractivity contribution in [3.05, 3.63) is 102 Å². The SMILES string of the molecule is C=CCCc1cc(F)ccc1N1c2ncc(C(F)(F)F)cc2C(=O)NC1c1ccc(OC)nc1CC=C. The predicted octanol–water partition coefficient (Wildman–Crippen LogP) is 6.07. The van der Waals surface area contributed by atoms with Gasteiger partial charge in [-0.25, -0.2) is 14.4 Å². The van der Waals surface area contributed by atoms with Gasteiger partial charge in [-0.2, -0.15) is 13.2 Å².